The second kappa shape index (κ2) is 6.86. The minimum Gasteiger partial charge on any atom is -0.504 e. The van der Waals surface area contributed by atoms with E-state index in [0.717, 1.165) is 35.5 Å². The fraction of sp³-hybridized carbons (Fsp3) is 0.464. The number of aliphatic hydroxyl groups is 1. The van der Waals surface area contributed by atoms with Crippen molar-refractivity contribution < 1.29 is 24.5 Å². The van der Waals surface area contributed by atoms with Crippen molar-refractivity contribution in [1.29, 1.82) is 0 Å². The largest absolute Gasteiger partial charge is 0.504 e. The molecule has 1 spiro atoms. The Morgan fingerprint density at radius 3 is 2.91 bits per heavy atom. The van der Waals surface area contributed by atoms with E-state index in [4.69, 9.17) is 9.47 Å². The summed E-state index contributed by atoms with van der Waals surface area (Å²) >= 11 is 0. The monoisotopic (exact) mass is 459 g/mol. The van der Waals surface area contributed by atoms with Crippen LogP contribution in [-0.4, -0.2) is 58.8 Å². The lowest BCUT2D eigenvalue weighted by molar-refractivity contribution is -0.179. The van der Waals surface area contributed by atoms with E-state index in [1.807, 2.05) is 36.4 Å². The van der Waals surface area contributed by atoms with Crippen LogP contribution in [0.15, 0.2) is 42.0 Å². The van der Waals surface area contributed by atoms with Gasteiger partial charge in [0.2, 0.25) is 0 Å². The van der Waals surface area contributed by atoms with Crippen molar-refractivity contribution in [2.24, 2.45) is 5.92 Å². The highest BCUT2D eigenvalue weighted by molar-refractivity contribution is 6.06. The molecule has 0 radical (unpaired) electrons. The number of hydrogen-bond acceptors (Lipinski definition) is 6. The van der Waals surface area contributed by atoms with E-state index >= 15 is 0 Å². The van der Waals surface area contributed by atoms with Crippen LogP contribution >= 0.6 is 0 Å². The first-order chi connectivity index (χ1) is 16.4. The second-order valence-electron chi connectivity index (χ2n) is 10.7. The summed E-state index contributed by atoms with van der Waals surface area (Å²) in [5.74, 6) is 1.78. The first kappa shape index (κ1) is 20.5. The molecular weight excluding hydrogens is 430 g/mol. The molecule has 5 aliphatic rings. The number of carbonyl (C=O) groups is 1. The highest BCUT2D eigenvalue weighted by Crippen LogP contribution is 2.65. The van der Waals surface area contributed by atoms with E-state index in [2.05, 4.69) is 4.90 Å². The number of carbonyl (C=O) groups excluding carboxylic acids is 1. The minimum absolute atomic E-state index is 0.0508. The van der Waals surface area contributed by atoms with Gasteiger partial charge in [-0.1, -0.05) is 18.2 Å². The maximum absolute atomic E-state index is 13.9. The Balaban J connectivity index is 1.39. The smallest absolute Gasteiger partial charge is 0.200 e. The number of hydrogen-bond donors (Lipinski definition) is 2. The highest BCUT2D eigenvalue weighted by atomic mass is 16.5. The number of nitrogens with zero attached hydrogens (tertiary/aromatic N) is 1. The topological polar surface area (TPSA) is 79.2 Å². The van der Waals surface area contributed by atoms with Crippen molar-refractivity contribution >= 4 is 11.9 Å². The molecule has 2 saturated carbocycles. The summed E-state index contributed by atoms with van der Waals surface area (Å²) in [6.45, 7) is 1.83. The predicted molar refractivity (Wildman–Crippen MR) is 126 cm³/mol. The first-order valence-corrected chi connectivity index (χ1v) is 12.3. The van der Waals surface area contributed by atoms with Gasteiger partial charge in [0.05, 0.1) is 18.1 Å². The molecule has 0 aromatic heterocycles. The highest BCUT2D eigenvalue weighted by Gasteiger charge is 2.74. The van der Waals surface area contributed by atoms with Gasteiger partial charge in [0.15, 0.2) is 23.4 Å². The standard InChI is InChI=1S/C28H29NO5/c1-33-20-4-2-3-17(12-20)11-19-14-28(32)22-13-18-7-8-21(30)25-23(18)27(28,26(34-25)24(19)31)9-10-29(22)15-16-5-6-16/h2-4,7-8,11-12,16,22,26,30,32H,5-6,9-10,13-15H2,1H3/b19-11-/t22?,26-,27?,28+/m0/s1. The predicted octanol–water partition coefficient (Wildman–Crippen LogP) is 3.23. The van der Waals surface area contributed by atoms with Crippen LogP contribution in [0.1, 0.15) is 42.4 Å². The Hall–Kier alpha value is -2.83. The molecule has 3 fully saturated rings. The lowest BCUT2D eigenvalue weighted by Crippen LogP contribution is -2.77. The lowest BCUT2D eigenvalue weighted by atomic mass is 9.48. The summed E-state index contributed by atoms with van der Waals surface area (Å²) in [5.41, 5.74) is 1.44. The van der Waals surface area contributed by atoms with Gasteiger partial charge in [0.1, 0.15) is 5.75 Å². The van der Waals surface area contributed by atoms with Gasteiger partial charge in [-0.2, -0.15) is 0 Å². The summed E-state index contributed by atoms with van der Waals surface area (Å²) in [5, 5.41) is 23.3. The third-order valence-electron chi connectivity index (χ3n) is 8.96. The van der Waals surface area contributed by atoms with Crippen LogP contribution in [0.4, 0.5) is 0 Å². The van der Waals surface area contributed by atoms with E-state index in [1.165, 1.54) is 12.8 Å². The van der Waals surface area contributed by atoms with Crippen molar-refractivity contribution in [2.45, 2.75) is 55.3 Å². The van der Waals surface area contributed by atoms with E-state index in [9.17, 15) is 15.0 Å². The molecule has 2 bridgehead atoms. The lowest BCUT2D eigenvalue weighted by Gasteiger charge is -2.62. The molecule has 2 aliphatic heterocycles. The molecule has 6 heteroatoms. The van der Waals surface area contributed by atoms with Crippen LogP contribution in [0.3, 0.4) is 0 Å². The van der Waals surface area contributed by atoms with Crippen LogP contribution in [0.2, 0.25) is 0 Å². The van der Waals surface area contributed by atoms with Gasteiger partial charge < -0.3 is 19.7 Å². The molecule has 1 saturated heterocycles. The molecule has 176 valence electrons. The van der Waals surface area contributed by atoms with Gasteiger partial charge in [-0.05, 0) is 73.5 Å². The number of phenols is 1. The Kier molecular flexibility index (Phi) is 4.14. The van der Waals surface area contributed by atoms with Gasteiger partial charge in [-0.3, -0.25) is 9.69 Å². The molecular formula is C28H29NO5. The van der Waals surface area contributed by atoms with Gasteiger partial charge in [0, 0.05) is 30.1 Å². The third kappa shape index (κ3) is 2.56. The molecule has 2 aromatic carbocycles. The van der Waals surface area contributed by atoms with Crippen LogP contribution < -0.4 is 9.47 Å². The third-order valence-corrected chi connectivity index (χ3v) is 8.96. The van der Waals surface area contributed by atoms with Gasteiger partial charge in [0.25, 0.3) is 0 Å². The molecule has 2 aromatic rings. The van der Waals surface area contributed by atoms with Crippen LogP contribution in [0.5, 0.6) is 17.2 Å². The molecule has 7 rings (SSSR count). The number of ether oxygens (including phenoxy) is 2. The second-order valence-corrected chi connectivity index (χ2v) is 10.7. The van der Waals surface area contributed by atoms with Gasteiger partial charge in [-0.15, -0.1) is 0 Å². The molecule has 4 atom stereocenters. The van der Waals surface area contributed by atoms with Crippen LogP contribution in [0, 0.1) is 5.92 Å². The number of methoxy groups -OCH3 is 1. The normalized spacial score (nSPS) is 34.6. The van der Waals surface area contributed by atoms with E-state index < -0.39 is 17.1 Å². The number of phenolic OH excluding ortho intramolecular Hbond substituents is 1. The van der Waals surface area contributed by atoms with E-state index in [0.29, 0.717) is 30.1 Å². The van der Waals surface area contributed by atoms with E-state index in [1.54, 1.807) is 13.2 Å². The average Bonchev–Trinajstić information content (AvgIpc) is 3.57. The Morgan fingerprint density at radius 2 is 2.12 bits per heavy atom. The van der Waals surface area contributed by atoms with Gasteiger partial charge >= 0.3 is 0 Å². The Morgan fingerprint density at radius 1 is 1.26 bits per heavy atom. The molecule has 34 heavy (non-hydrogen) atoms. The quantitative estimate of drug-likeness (QED) is 0.684. The van der Waals surface area contributed by atoms with Crippen molar-refractivity contribution in [3.63, 3.8) is 0 Å². The summed E-state index contributed by atoms with van der Waals surface area (Å²) in [4.78, 5) is 16.4. The minimum atomic E-state index is -1.14. The zero-order valence-corrected chi connectivity index (χ0v) is 19.3. The molecule has 3 aliphatic carbocycles. The first-order valence-electron chi connectivity index (χ1n) is 12.3. The zero-order chi connectivity index (χ0) is 23.2. The number of piperidine rings is 1. The zero-order valence-electron chi connectivity index (χ0n) is 19.3. The molecule has 2 N–H and O–H groups in total. The van der Waals surface area contributed by atoms with Crippen LogP contribution in [0.25, 0.3) is 6.08 Å². The Bertz CT molecular complexity index is 1250. The SMILES string of the molecule is COc1cccc(/C=C2/C[C@@]3(O)C4Cc5ccc(O)c6c5C3(CCN4CC3CC3)[C@@H](O6)C2=O)c1. The summed E-state index contributed by atoms with van der Waals surface area (Å²) in [6, 6.07) is 11.1. The molecule has 0 amide bonds. The van der Waals surface area contributed by atoms with Crippen molar-refractivity contribution in [2.75, 3.05) is 20.2 Å². The number of ketones is 1. The number of benzene rings is 2. The average molecular weight is 460 g/mol. The fourth-order valence-corrected chi connectivity index (χ4v) is 7.24. The summed E-state index contributed by atoms with van der Waals surface area (Å²) < 4.78 is 11.6. The summed E-state index contributed by atoms with van der Waals surface area (Å²) in [6.07, 6.45) is 5.19. The van der Waals surface area contributed by atoms with Crippen LogP contribution in [-0.2, 0) is 16.6 Å². The number of rotatable bonds is 4. The Labute approximate surface area is 198 Å². The summed E-state index contributed by atoms with van der Waals surface area (Å²) in [7, 11) is 1.62. The van der Waals surface area contributed by atoms with Crippen molar-refractivity contribution in [3.8, 4) is 17.2 Å². The number of likely N-dealkylation sites (tertiary alicyclic amines) is 1. The van der Waals surface area contributed by atoms with Crippen molar-refractivity contribution in [3.05, 3.63) is 58.7 Å². The maximum atomic E-state index is 13.9. The van der Waals surface area contributed by atoms with E-state index in [-0.39, 0.29) is 24.0 Å². The maximum Gasteiger partial charge on any atom is 0.200 e. The fourth-order valence-electron chi connectivity index (χ4n) is 7.24. The number of Topliss-reactive ketones (excluding diaryl/α,β-unsaturated/α-hetero) is 1. The molecule has 2 unspecified atom stereocenters. The molecule has 6 nitrogen and oxygen atoms in total. The van der Waals surface area contributed by atoms with Crippen molar-refractivity contribution in [1.82, 2.24) is 4.90 Å². The number of aromatic hydroxyl groups is 1. The molecule has 2 heterocycles. The van der Waals surface area contributed by atoms with Gasteiger partial charge in [-0.25, -0.2) is 0 Å².